The van der Waals surface area contributed by atoms with E-state index in [0.717, 1.165) is 9.13 Å². The lowest BCUT2D eigenvalue weighted by atomic mass is 10.5. The van der Waals surface area contributed by atoms with Gasteiger partial charge in [0, 0.05) is 14.1 Å². The molecule has 2 aromatic rings. The number of rotatable bonds is 0. The standard InChI is InChI=1S/C8H6Cl3N5O2/c1-15-4-3(5(17)16(2)7(15)18)12-6(14-13-4)8(9,10)11/h1-2H3. The highest BCUT2D eigenvalue weighted by molar-refractivity contribution is 6.66. The maximum absolute atomic E-state index is 11.9. The van der Waals surface area contributed by atoms with E-state index < -0.39 is 15.0 Å². The fraction of sp³-hybridized carbons (Fsp3) is 0.375. The molecule has 2 aromatic heterocycles. The first-order chi connectivity index (χ1) is 8.23. The number of hydrogen-bond donors (Lipinski definition) is 0. The molecule has 0 bridgehead atoms. The average Bonchev–Trinajstić information content (AvgIpc) is 2.32. The first-order valence-corrected chi connectivity index (χ1v) is 5.74. The first-order valence-electron chi connectivity index (χ1n) is 4.61. The van der Waals surface area contributed by atoms with Gasteiger partial charge in [0.15, 0.2) is 11.2 Å². The zero-order chi connectivity index (χ0) is 13.7. The summed E-state index contributed by atoms with van der Waals surface area (Å²) in [5.41, 5.74) is -1.22. The topological polar surface area (TPSA) is 82.7 Å². The van der Waals surface area contributed by atoms with E-state index in [0.29, 0.717) is 0 Å². The minimum Gasteiger partial charge on any atom is -0.278 e. The Bertz CT molecular complexity index is 745. The van der Waals surface area contributed by atoms with Crippen LogP contribution in [0.5, 0.6) is 0 Å². The van der Waals surface area contributed by atoms with E-state index in [2.05, 4.69) is 15.2 Å². The lowest BCUT2D eigenvalue weighted by Gasteiger charge is -2.10. The van der Waals surface area contributed by atoms with Crippen molar-refractivity contribution in [1.82, 2.24) is 24.3 Å². The SMILES string of the molecule is Cn1c(=O)c2nc(C(Cl)(Cl)Cl)nnc2n(C)c1=O. The van der Waals surface area contributed by atoms with Crippen LogP contribution in [0, 0.1) is 0 Å². The van der Waals surface area contributed by atoms with Gasteiger partial charge in [0.1, 0.15) is 0 Å². The molecule has 0 unspecified atom stereocenters. The van der Waals surface area contributed by atoms with E-state index in [1.807, 2.05) is 0 Å². The van der Waals surface area contributed by atoms with Crippen LogP contribution >= 0.6 is 34.8 Å². The third kappa shape index (κ3) is 1.98. The van der Waals surface area contributed by atoms with Gasteiger partial charge in [-0.05, 0) is 0 Å². The van der Waals surface area contributed by atoms with Gasteiger partial charge in [-0.1, -0.05) is 34.8 Å². The van der Waals surface area contributed by atoms with E-state index in [1.54, 1.807) is 0 Å². The molecule has 0 fully saturated rings. The van der Waals surface area contributed by atoms with Crippen LogP contribution in [0.4, 0.5) is 0 Å². The van der Waals surface area contributed by atoms with Crippen molar-refractivity contribution in [3.63, 3.8) is 0 Å². The molecule has 0 amide bonds. The molecule has 0 aromatic carbocycles. The largest absolute Gasteiger partial charge is 0.332 e. The average molecular weight is 311 g/mol. The van der Waals surface area contributed by atoms with Gasteiger partial charge in [-0.25, -0.2) is 9.78 Å². The monoisotopic (exact) mass is 309 g/mol. The van der Waals surface area contributed by atoms with Crippen LogP contribution in [0.15, 0.2) is 9.59 Å². The lowest BCUT2D eigenvalue weighted by Crippen LogP contribution is -2.38. The number of hydrogen-bond acceptors (Lipinski definition) is 5. The molecule has 0 atom stereocenters. The predicted octanol–water partition coefficient (Wildman–Crippen LogP) is 0.249. The van der Waals surface area contributed by atoms with E-state index in [9.17, 15) is 9.59 Å². The van der Waals surface area contributed by atoms with Crippen LogP contribution in [0.1, 0.15) is 5.82 Å². The van der Waals surface area contributed by atoms with Gasteiger partial charge in [-0.15, -0.1) is 10.2 Å². The molecule has 96 valence electrons. The van der Waals surface area contributed by atoms with Crippen LogP contribution in [0.3, 0.4) is 0 Å². The van der Waals surface area contributed by atoms with E-state index in [1.165, 1.54) is 14.1 Å². The summed E-state index contributed by atoms with van der Waals surface area (Å²) in [5.74, 6) is -0.226. The summed E-state index contributed by atoms with van der Waals surface area (Å²) in [6, 6.07) is 0. The Balaban J connectivity index is 2.96. The number of aryl methyl sites for hydroxylation is 1. The number of nitrogens with zero attached hydrogens (tertiary/aromatic N) is 5. The fourth-order valence-electron chi connectivity index (χ4n) is 1.37. The molecule has 7 nitrogen and oxygen atoms in total. The number of fused-ring (bicyclic) bond motifs is 1. The summed E-state index contributed by atoms with van der Waals surface area (Å²) in [5, 5.41) is 7.28. The molecule has 0 saturated heterocycles. The Morgan fingerprint density at radius 2 is 1.67 bits per heavy atom. The molecule has 0 aliphatic rings. The maximum Gasteiger partial charge on any atom is 0.332 e. The Morgan fingerprint density at radius 3 is 2.22 bits per heavy atom. The van der Waals surface area contributed by atoms with Gasteiger partial charge in [0.05, 0.1) is 0 Å². The summed E-state index contributed by atoms with van der Waals surface area (Å²) in [7, 11) is 2.76. The van der Waals surface area contributed by atoms with Crippen LogP contribution in [-0.2, 0) is 17.9 Å². The van der Waals surface area contributed by atoms with Crippen molar-refractivity contribution in [2.24, 2.45) is 14.1 Å². The second-order valence-electron chi connectivity index (χ2n) is 3.51. The third-order valence-electron chi connectivity index (χ3n) is 2.32. The van der Waals surface area contributed by atoms with Gasteiger partial charge in [-0.3, -0.25) is 13.9 Å². The van der Waals surface area contributed by atoms with Crippen LogP contribution in [-0.4, -0.2) is 24.3 Å². The van der Waals surface area contributed by atoms with Crippen LogP contribution in [0.25, 0.3) is 11.2 Å². The van der Waals surface area contributed by atoms with Crippen molar-refractivity contribution in [3.05, 3.63) is 26.7 Å². The van der Waals surface area contributed by atoms with E-state index in [-0.39, 0.29) is 17.0 Å². The smallest absolute Gasteiger partial charge is 0.278 e. The van der Waals surface area contributed by atoms with Crippen molar-refractivity contribution < 1.29 is 0 Å². The molecule has 2 heterocycles. The van der Waals surface area contributed by atoms with Gasteiger partial charge >= 0.3 is 5.69 Å². The first kappa shape index (κ1) is 13.3. The summed E-state index contributed by atoms with van der Waals surface area (Å²) < 4.78 is 0.138. The quantitative estimate of drug-likeness (QED) is 0.651. The number of aromatic nitrogens is 5. The Labute approximate surface area is 115 Å². The van der Waals surface area contributed by atoms with Crippen molar-refractivity contribution >= 4 is 46.0 Å². The van der Waals surface area contributed by atoms with Crippen LogP contribution in [0.2, 0.25) is 0 Å². The molecule has 18 heavy (non-hydrogen) atoms. The minimum atomic E-state index is -1.89. The molecule has 0 radical (unpaired) electrons. The van der Waals surface area contributed by atoms with E-state index >= 15 is 0 Å². The maximum atomic E-state index is 11.9. The van der Waals surface area contributed by atoms with Gasteiger partial charge in [0.25, 0.3) is 9.35 Å². The van der Waals surface area contributed by atoms with Crippen LogP contribution < -0.4 is 11.2 Å². The number of halogens is 3. The molecular weight excluding hydrogens is 304 g/mol. The molecular formula is C8H6Cl3N5O2. The fourth-order valence-corrected chi connectivity index (χ4v) is 1.61. The van der Waals surface area contributed by atoms with E-state index in [4.69, 9.17) is 34.8 Å². The molecule has 0 aliphatic heterocycles. The highest BCUT2D eigenvalue weighted by Gasteiger charge is 2.28. The van der Waals surface area contributed by atoms with Gasteiger partial charge in [0.2, 0.25) is 5.82 Å². The molecule has 10 heteroatoms. The molecule has 0 saturated carbocycles. The van der Waals surface area contributed by atoms with Crippen molar-refractivity contribution in [2.75, 3.05) is 0 Å². The summed E-state index contributed by atoms with van der Waals surface area (Å²) in [6.45, 7) is 0. The molecule has 0 aliphatic carbocycles. The highest BCUT2D eigenvalue weighted by atomic mass is 35.6. The second-order valence-corrected chi connectivity index (χ2v) is 5.79. The second kappa shape index (κ2) is 4.18. The Hall–Kier alpha value is -1.18. The number of alkyl halides is 3. The molecule has 2 rings (SSSR count). The normalized spacial score (nSPS) is 12.1. The zero-order valence-electron chi connectivity index (χ0n) is 9.19. The summed E-state index contributed by atoms with van der Waals surface area (Å²) in [6.07, 6.45) is 0. The molecule has 0 N–H and O–H groups in total. The summed E-state index contributed by atoms with van der Waals surface area (Å²) in [4.78, 5) is 27.4. The minimum absolute atomic E-state index is 0.0288. The van der Waals surface area contributed by atoms with Crippen molar-refractivity contribution in [3.8, 4) is 0 Å². The zero-order valence-corrected chi connectivity index (χ0v) is 11.5. The van der Waals surface area contributed by atoms with Gasteiger partial charge < -0.3 is 0 Å². The summed E-state index contributed by atoms with van der Waals surface area (Å²) >= 11 is 16.8. The molecule has 0 spiro atoms. The Morgan fingerprint density at radius 1 is 1.06 bits per heavy atom. The van der Waals surface area contributed by atoms with Crippen molar-refractivity contribution in [1.29, 1.82) is 0 Å². The lowest BCUT2D eigenvalue weighted by molar-refractivity contribution is 0.693. The predicted molar refractivity (Wildman–Crippen MR) is 67.1 cm³/mol. The van der Waals surface area contributed by atoms with Crippen molar-refractivity contribution in [2.45, 2.75) is 3.79 Å². The highest BCUT2D eigenvalue weighted by Crippen LogP contribution is 2.35. The Kier molecular flexibility index (Phi) is 3.08. The van der Waals surface area contributed by atoms with Gasteiger partial charge in [-0.2, -0.15) is 0 Å². The third-order valence-corrected chi connectivity index (χ3v) is 2.83.